The third-order valence-corrected chi connectivity index (χ3v) is 2.90. The van der Waals surface area contributed by atoms with E-state index in [9.17, 15) is 18.0 Å². The Labute approximate surface area is 106 Å². The molecule has 102 valence electrons. The van der Waals surface area contributed by atoms with Crippen LogP contribution < -0.4 is 11.3 Å². The van der Waals surface area contributed by atoms with Gasteiger partial charge in [-0.2, -0.15) is 13.2 Å². The highest BCUT2D eigenvalue weighted by atomic mass is 19.4. The summed E-state index contributed by atoms with van der Waals surface area (Å²) >= 11 is 0. The Morgan fingerprint density at radius 2 is 2.00 bits per heavy atom. The van der Waals surface area contributed by atoms with Crippen molar-refractivity contribution in [1.82, 2.24) is 9.55 Å². The maximum absolute atomic E-state index is 12.6. The summed E-state index contributed by atoms with van der Waals surface area (Å²) in [7, 11) is 0. The SMILES string of the molecule is NCC(Cn1cnc2ccccc2c1=O)C(F)(F)F. The number of rotatable bonds is 3. The van der Waals surface area contributed by atoms with Gasteiger partial charge in [0.1, 0.15) is 0 Å². The summed E-state index contributed by atoms with van der Waals surface area (Å²) < 4.78 is 38.9. The Bertz CT molecular complexity index is 636. The fourth-order valence-corrected chi connectivity index (χ4v) is 1.79. The van der Waals surface area contributed by atoms with E-state index in [1.807, 2.05) is 0 Å². The van der Waals surface area contributed by atoms with Crippen LogP contribution >= 0.6 is 0 Å². The number of alkyl halides is 3. The van der Waals surface area contributed by atoms with Crippen molar-refractivity contribution in [3.05, 3.63) is 40.9 Å². The van der Waals surface area contributed by atoms with Crippen molar-refractivity contribution in [2.45, 2.75) is 12.7 Å². The second kappa shape index (κ2) is 5.00. The van der Waals surface area contributed by atoms with Crippen LogP contribution in [-0.2, 0) is 6.54 Å². The van der Waals surface area contributed by atoms with Crippen molar-refractivity contribution in [2.24, 2.45) is 11.7 Å². The molecule has 2 rings (SSSR count). The van der Waals surface area contributed by atoms with Gasteiger partial charge < -0.3 is 5.73 Å². The number of benzene rings is 1. The van der Waals surface area contributed by atoms with Gasteiger partial charge in [-0.3, -0.25) is 9.36 Å². The minimum absolute atomic E-state index is 0.294. The molecule has 0 saturated carbocycles. The zero-order chi connectivity index (χ0) is 14.0. The standard InChI is InChI=1S/C12H12F3N3O/c13-12(14,15)8(5-16)6-18-7-17-10-4-2-1-3-9(10)11(18)19/h1-4,7-8H,5-6,16H2. The van der Waals surface area contributed by atoms with E-state index in [1.165, 1.54) is 6.07 Å². The first-order valence-corrected chi connectivity index (χ1v) is 5.64. The molecular formula is C12H12F3N3O. The zero-order valence-electron chi connectivity index (χ0n) is 9.89. The zero-order valence-corrected chi connectivity index (χ0v) is 9.89. The molecule has 0 spiro atoms. The normalized spacial score (nSPS) is 13.7. The molecule has 1 aromatic carbocycles. The van der Waals surface area contributed by atoms with Crippen LogP contribution in [0.2, 0.25) is 0 Å². The largest absolute Gasteiger partial charge is 0.394 e. The van der Waals surface area contributed by atoms with E-state index in [2.05, 4.69) is 4.98 Å². The molecule has 2 aromatic rings. The van der Waals surface area contributed by atoms with Crippen LogP contribution in [0.5, 0.6) is 0 Å². The van der Waals surface area contributed by atoms with E-state index in [1.54, 1.807) is 18.2 Å². The van der Waals surface area contributed by atoms with Gasteiger partial charge in [0.25, 0.3) is 5.56 Å². The van der Waals surface area contributed by atoms with Crippen molar-refractivity contribution in [1.29, 1.82) is 0 Å². The highest BCUT2D eigenvalue weighted by Gasteiger charge is 2.38. The summed E-state index contributed by atoms with van der Waals surface area (Å²) in [5.41, 5.74) is 5.08. The molecule has 1 aromatic heterocycles. The van der Waals surface area contributed by atoms with Gasteiger partial charge in [-0.1, -0.05) is 12.1 Å². The number of hydrogen-bond donors (Lipinski definition) is 1. The Hall–Kier alpha value is -1.89. The number of nitrogens with two attached hydrogens (primary N) is 1. The second-order valence-corrected chi connectivity index (χ2v) is 4.19. The molecule has 0 aliphatic carbocycles. The molecule has 4 nitrogen and oxygen atoms in total. The highest BCUT2D eigenvalue weighted by molar-refractivity contribution is 5.76. The molecule has 1 atom stereocenters. The van der Waals surface area contributed by atoms with E-state index in [0.717, 1.165) is 10.9 Å². The van der Waals surface area contributed by atoms with Crippen LogP contribution in [0.1, 0.15) is 0 Å². The number of aromatic nitrogens is 2. The first-order valence-electron chi connectivity index (χ1n) is 5.64. The number of halogens is 3. The molecule has 7 heteroatoms. The molecule has 0 aliphatic heterocycles. The van der Waals surface area contributed by atoms with Crippen molar-refractivity contribution >= 4 is 10.9 Å². The lowest BCUT2D eigenvalue weighted by atomic mass is 10.1. The van der Waals surface area contributed by atoms with E-state index < -0.39 is 30.7 Å². The number of fused-ring (bicyclic) bond motifs is 1. The fraction of sp³-hybridized carbons (Fsp3) is 0.333. The lowest BCUT2D eigenvalue weighted by molar-refractivity contribution is -0.175. The Morgan fingerprint density at radius 3 is 2.63 bits per heavy atom. The first kappa shape index (κ1) is 13.5. The van der Waals surface area contributed by atoms with Gasteiger partial charge in [0.2, 0.25) is 0 Å². The molecule has 1 heterocycles. The molecule has 2 N–H and O–H groups in total. The molecule has 0 amide bonds. The second-order valence-electron chi connectivity index (χ2n) is 4.19. The summed E-state index contributed by atoms with van der Waals surface area (Å²) in [4.78, 5) is 16.0. The topological polar surface area (TPSA) is 60.9 Å². The average molecular weight is 271 g/mol. The minimum Gasteiger partial charge on any atom is -0.330 e. The average Bonchev–Trinajstić information content (AvgIpc) is 2.37. The van der Waals surface area contributed by atoms with Crippen molar-refractivity contribution < 1.29 is 13.2 Å². The number of nitrogens with zero attached hydrogens (tertiary/aromatic N) is 2. The highest BCUT2D eigenvalue weighted by Crippen LogP contribution is 2.26. The lowest BCUT2D eigenvalue weighted by Gasteiger charge is -2.19. The van der Waals surface area contributed by atoms with Gasteiger partial charge >= 0.3 is 6.18 Å². The van der Waals surface area contributed by atoms with Gasteiger partial charge in [0.05, 0.1) is 23.1 Å². The van der Waals surface area contributed by atoms with Gasteiger partial charge in [0, 0.05) is 13.1 Å². The van der Waals surface area contributed by atoms with Crippen LogP contribution in [0, 0.1) is 5.92 Å². The van der Waals surface area contributed by atoms with E-state index in [-0.39, 0.29) is 0 Å². The van der Waals surface area contributed by atoms with Gasteiger partial charge in [-0.15, -0.1) is 0 Å². The van der Waals surface area contributed by atoms with Crippen molar-refractivity contribution in [3.8, 4) is 0 Å². The van der Waals surface area contributed by atoms with Crippen LogP contribution in [0.4, 0.5) is 13.2 Å². The Kier molecular flexibility index (Phi) is 3.57. The summed E-state index contributed by atoms with van der Waals surface area (Å²) in [6, 6.07) is 6.51. The van der Waals surface area contributed by atoms with Gasteiger partial charge in [0.15, 0.2) is 0 Å². The molecule has 0 radical (unpaired) electrons. The summed E-state index contributed by atoms with van der Waals surface area (Å²) in [6.45, 7) is -1.08. The minimum atomic E-state index is -4.43. The number of para-hydroxylation sites is 1. The van der Waals surface area contributed by atoms with Crippen LogP contribution in [0.25, 0.3) is 10.9 Å². The molecular weight excluding hydrogens is 259 g/mol. The quantitative estimate of drug-likeness (QED) is 0.921. The smallest absolute Gasteiger partial charge is 0.330 e. The first-order chi connectivity index (χ1) is 8.93. The predicted octanol–water partition coefficient (Wildman–Crippen LogP) is 1.53. The maximum Gasteiger partial charge on any atom is 0.394 e. The van der Waals surface area contributed by atoms with Crippen LogP contribution in [-0.4, -0.2) is 22.3 Å². The molecule has 0 saturated heterocycles. The molecule has 1 unspecified atom stereocenters. The Balaban J connectivity index is 2.41. The Morgan fingerprint density at radius 1 is 1.32 bits per heavy atom. The predicted molar refractivity (Wildman–Crippen MR) is 64.6 cm³/mol. The summed E-state index contributed by atoms with van der Waals surface area (Å²) in [6.07, 6.45) is -3.31. The molecule has 0 aliphatic rings. The number of hydrogen-bond acceptors (Lipinski definition) is 3. The lowest BCUT2D eigenvalue weighted by Crippen LogP contribution is -2.36. The van der Waals surface area contributed by atoms with Crippen LogP contribution in [0.15, 0.2) is 35.4 Å². The van der Waals surface area contributed by atoms with Crippen molar-refractivity contribution in [3.63, 3.8) is 0 Å². The van der Waals surface area contributed by atoms with Gasteiger partial charge in [-0.05, 0) is 12.1 Å². The molecule has 0 fully saturated rings. The maximum atomic E-state index is 12.6. The molecule has 19 heavy (non-hydrogen) atoms. The van der Waals surface area contributed by atoms with Gasteiger partial charge in [-0.25, -0.2) is 4.98 Å². The summed E-state index contributed by atoms with van der Waals surface area (Å²) in [5, 5.41) is 0.294. The molecule has 0 bridgehead atoms. The van der Waals surface area contributed by atoms with Crippen LogP contribution in [0.3, 0.4) is 0 Å². The van der Waals surface area contributed by atoms with E-state index >= 15 is 0 Å². The third-order valence-electron chi connectivity index (χ3n) is 2.90. The van der Waals surface area contributed by atoms with E-state index in [4.69, 9.17) is 5.73 Å². The van der Waals surface area contributed by atoms with Crippen molar-refractivity contribution in [2.75, 3.05) is 6.54 Å². The third kappa shape index (κ3) is 2.76. The fourth-order valence-electron chi connectivity index (χ4n) is 1.79. The summed E-state index contributed by atoms with van der Waals surface area (Å²) in [5.74, 6) is -1.76. The van der Waals surface area contributed by atoms with E-state index in [0.29, 0.717) is 10.9 Å². The monoisotopic (exact) mass is 271 g/mol.